The maximum Gasteiger partial charge on any atom is -1.00 e. The Bertz CT molecular complexity index is 1920. The van der Waals surface area contributed by atoms with E-state index in [0.717, 1.165) is 16.5 Å². The molecule has 2 aliphatic carbocycles. The molecule has 0 heterocycles. The van der Waals surface area contributed by atoms with E-state index in [9.17, 15) is 0 Å². The molecule has 0 spiro atoms. The second-order valence-corrected chi connectivity index (χ2v) is 25.7. The van der Waals surface area contributed by atoms with Gasteiger partial charge in [-0.25, -0.2) is 0 Å². The molecule has 2 aliphatic rings. The number of fused-ring (bicyclic) bond motifs is 3. The summed E-state index contributed by atoms with van der Waals surface area (Å²) >= 11 is 10.2. The van der Waals surface area contributed by atoms with Gasteiger partial charge in [0.1, 0.15) is 0 Å². The minimum absolute atomic E-state index is 0. The summed E-state index contributed by atoms with van der Waals surface area (Å²) < 4.78 is 3.85. The fourth-order valence-corrected chi connectivity index (χ4v) is 19.5. The first-order valence-electron chi connectivity index (χ1n) is 18.2. The Hall–Kier alpha value is -1.73. The summed E-state index contributed by atoms with van der Waals surface area (Å²) in [6, 6.07) is 27.3. The minimum atomic E-state index is -2.73. The summed E-state index contributed by atoms with van der Waals surface area (Å²) in [6.07, 6.45) is 8.27. The SMILES string of the molecule is CC(C)(C)[C](=[Zr+2]([C]1=CC=CC1)[CH]1c2cc(-c3ccc(Cl)cc3)c(C(C)(C)C)cc2-c2cc(C(C)(C)C)c(-c3ccc(Cl)cc3)cc21)C(C)(C)C.[Cl-].[Cl-]. The van der Waals surface area contributed by atoms with Crippen LogP contribution in [0.1, 0.15) is 115 Å². The number of hydrogen-bond acceptors (Lipinski definition) is 0. The first kappa shape index (κ1) is 43.0. The molecule has 52 heavy (non-hydrogen) atoms. The predicted octanol–water partition coefficient (Wildman–Crippen LogP) is 8.73. The molecule has 274 valence electrons. The van der Waals surface area contributed by atoms with E-state index in [1.165, 1.54) is 55.6 Å². The second kappa shape index (κ2) is 15.4. The van der Waals surface area contributed by atoms with Gasteiger partial charge >= 0.3 is 322 Å². The van der Waals surface area contributed by atoms with Crippen molar-refractivity contribution < 1.29 is 46.1 Å². The van der Waals surface area contributed by atoms with Crippen LogP contribution < -0.4 is 24.8 Å². The van der Waals surface area contributed by atoms with Crippen molar-refractivity contribution in [1.82, 2.24) is 0 Å². The van der Waals surface area contributed by atoms with Crippen LogP contribution in [0.25, 0.3) is 33.4 Å². The Morgan fingerprint density at radius 2 is 0.942 bits per heavy atom. The van der Waals surface area contributed by atoms with E-state index < -0.39 is 21.3 Å². The van der Waals surface area contributed by atoms with Gasteiger partial charge in [0.25, 0.3) is 0 Å². The van der Waals surface area contributed by atoms with Gasteiger partial charge in [-0.15, -0.1) is 0 Å². The van der Waals surface area contributed by atoms with Crippen LogP contribution >= 0.6 is 23.2 Å². The molecule has 0 nitrogen and oxygen atoms in total. The Morgan fingerprint density at radius 1 is 0.558 bits per heavy atom. The van der Waals surface area contributed by atoms with Gasteiger partial charge in [0, 0.05) is 0 Å². The molecular formula is C47H54Cl4Zr. The summed E-state index contributed by atoms with van der Waals surface area (Å²) in [7, 11) is 0. The van der Waals surface area contributed by atoms with Gasteiger partial charge < -0.3 is 24.8 Å². The number of allylic oxidation sites excluding steroid dienone is 4. The molecule has 0 N–H and O–H groups in total. The smallest absolute Gasteiger partial charge is 1.00 e. The molecule has 0 saturated heterocycles. The van der Waals surface area contributed by atoms with E-state index in [2.05, 4.69) is 150 Å². The van der Waals surface area contributed by atoms with Gasteiger partial charge in [0.05, 0.1) is 0 Å². The molecule has 0 saturated carbocycles. The van der Waals surface area contributed by atoms with Crippen molar-refractivity contribution in [1.29, 1.82) is 0 Å². The zero-order valence-electron chi connectivity index (χ0n) is 33.0. The topological polar surface area (TPSA) is 0 Å². The van der Waals surface area contributed by atoms with E-state index in [1.54, 1.807) is 6.49 Å². The van der Waals surface area contributed by atoms with E-state index in [1.807, 2.05) is 24.3 Å². The molecule has 0 aliphatic heterocycles. The third-order valence-electron chi connectivity index (χ3n) is 10.4. The number of hydrogen-bond donors (Lipinski definition) is 0. The predicted molar refractivity (Wildman–Crippen MR) is 218 cm³/mol. The molecule has 0 aromatic heterocycles. The van der Waals surface area contributed by atoms with Crippen molar-refractivity contribution in [2.45, 2.75) is 104 Å². The summed E-state index contributed by atoms with van der Waals surface area (Å²) in [5, 5.41) is 1.54. The van der Waals surface area contributed by atoms with Crippen molar-refractivity contribution >= 4 is 26.4 Å². The minimum Gasteiger partial charge on any atom is -1.00 e. The van der Waals surface area contributed by atoms with Crippen LogP contribution in [0.2, 0.25) is 10.0 Å². The Labute approximate surface area is 344 Å². The second-order valence-electron chi connectivity index (χ2n) is 18.5. The van der Waals surface area contributed by atoms with Crippen LogP contribution in [-0.2, 0) is 32.1 Å². The summed E-state index contributed by atoms with van der Waals surface area (Å²) in [5.74, 6) is 0. The number of rotatable bonds is 4. The van der Waals surface area contributed by atoms with Crippen molar-refractivity contribution in [2.24, 2.45) is 10.8 Å². The van der Waals surface area contributed by atoms with Crippen LogP contribution in [0.15, 0.2) is 94.3 Å². The molecular weight excluding hydrogens is 798 g/mol. The molecule has 6 rings (SSSR count). The van der Waals surface area contributed by atoms with Crippen LogP contribution in [0.4, 0.5) is 0 Å². The summed E-state index contributed by atoms with van der Waals surface area (Å²) in [4.78, 5) is 0. The molecule has 0 atom stereocenters. The fraction of sp³-hybridized carbons (Fsp3) is 0.383. The van der Waals surface area contributed by atoms with Crippen molar-refractivity contribution in [3.8, 4) is 33.4 Å². The molecule has 0 radical (unpaired) electrons. The fourth-order valence-electron chi connectivity index (χ4n) is 8.70. The van der Waals surface area contributed by atoms with E-state index >= 15 is 0 Å². The maximum absolute atomic E-state index is 6.45. The quantitative estimate of drug-likeness (QED) is 0.193. The Morgan fingerprint density at radius 3 is 1.25 bits per heavy atom. The zero-order valence-corrected chi connectivity index (χ0v) is 38.4. The van der Waals surface area contributed by atoms with E-state index in [-0.39, 0.29) is 46.5 Å². The summed E-state index contributed by atoms with van der Waals surface area (Å²) in [5.41, 5.74) is 13.8. The number of halogens is 4. The normalized spacial score (nSPS) is 14.1. The average molecular weight is 852 g/mol. The van der Waals surface area contributed by atoms with Gasteiger partial charge in [0.2, 0.25) is 0 Å². The van der Waals surface area contributed by atoms with Gasteiger partial charge in [-0.3, -0.25) is 0 Å². The van der Waals surface area contributed by atoms with Crippen LogP contribution in [-0.4, -0.2) is 3.21 Å². The van der Waals surface area contributed by atoms with Crippen LogP contribution in [0.5, 0.6) is 0 Å². The van der Waals surface area contributed by atoms with Crippen molar-refractivity contribution in [2.75, 3.05) is 0 Å². The Balaban J connectivity index is 0.00000302. The van der Waals surface area contributed by atoms with Gasteiger partial charge in [-0.2, -0.15) is 0 Å². The monoisotopic (exact) mass is 848 g/mol. The van der Waals surface area contributed by atoms with Crippen molar-refractivity contribution in [3.63, 3.8) is 0 Å². The molecule has 0 bridgehead atoms. The molecule has 4 aromatic carbocycles. The summed E-state index contributed by atoms with van der Waals surface area (Å²) in [6.45, 7) is 28.9. The number of benzene rings is 4. The van der Waals surface area contributed by atoms with Crippen LogP contribution in [0, 0.1) is 10.8 Å². The largest absolute Gasteiger partial charge is 1.00 e. The van der Waals surface area contributed by atoms with Gasteiger partial charge in [0.15, 0.2) is 0 Å². The first-order valence-corrected chi connectivity index (χ1v) is 22.8. The molecule has 0 fully saturated rings. The van der Waals surface area contributed by atoms with E-state index in [0.29, 0.717) is 3.63 Å². The van der Waals surface area contributed by atoms with E-state index in [4.69, 9.17) is 23.2 Å². The maximum atomic E-state index is 6.45. The average Bonchev–Trinajstić information content (AvgIpc) is 3.64. The van der Waals surface area contributed by atoms with Crippen LogP contribution in [0.3, 0.4) is 0 Å². The molecule has 0 unspecified atom stereocenters. The van der Waals surface area contributed by atoms with Gasteiger partial charge in [-0.1, -0.05) is 0 Å². The zero-order chi connectivity index (χ0) is 36.6. The van der Waals surface area contributed by atoms with Crippen molar-refractivity contribution in [3.05, 3.63) is 127 Å². The molecule has 5 heteroatoms. The third-order valence-corrected chi connectivity index (χ3v) is 21.5. The standard InChI is InChI=1S/C33H31Cl2.C9H18.C5H5.2ClH.Zr/c1-32(2,3)30-18-26-22(16-28(30)20-7-11-24(34)12-8-20)15-23-17-29(21-9-13-25(35)14-10-21)31(19-27(23)26)33(4,5)6;1-8(2,3)7-9(4,5)6;1-2-4-5-3-1;;;/h7-19H,1-6H3;1-6H3;1-3H,4H2;2*1H;/q;;;;;+2/p-2. The molecule has 4 aromatic rings. The van der Waals surface area contributed by atoms with Gasteiger partial charge in [-0.05, 0) is 0 Å². The Kier molecular flexibility index (Phi) is 12.8. The first-order chi connectivity index (χ1) is 23.2. The third kappa shape index (κ3) is 8.41. The molecule has 0 amide bonds.